The highest BCUT2D eigenvalue weighted by Crippen LogP contribution is 2.21. The number of rotatable bonds is 2. The normalized spacial score (nSPS) is 16.7. The molecule has 0 atom stereocenters. The molecular weight excluding hydrogens is 258 g/mol. The van der Waals surface area contributed by atoms with Crippen molar-refractivity contribution in [1.82, 2.24) is 4.90 Å². The first-order valence-corrected chi connectivity index (χ1v) is 6.12. The number of methoxy groups -OCH3 is 1. The summed E-state index contributed by atoms with van der Waals surface area (Å²) in [7, 11) is 1.38. The monoisotopic (exact) mass is 271 g/mol. The van der Waals surface area contributed by atoms with Crippen molar-refractivity contribution in [3.63, 3.8) is 0 Å². The second-order valence-electron chi connectivity index (χ2n) is 4.19. The molecule has 98 valence electrons. The molecule has 1 aromatic rings. The molecule has 0 spiro atoms. The highest BCUT2D eigenvalue weighted by molar-refractivity contribution is 6.29. The second-order valence-corrected chi connectivity index (χ2v) is 4.57. The summed E-state index contributed by atoms with van der Waals surface area (Å²) in [6, 6.07) is 3.09. The van der Waals surface area contributed by atoms with Gasteiger partial charge in [0.25, 0.3) is 5.91 Å². The van der Waals surface area contributed by atoms with Gasteiger partial charge in [-0.15, -0.1) is 0 Å². The van der Waals surface area contributed by atoms with Crippen LogP contribution in [-0.4, -0.2) is 37.0 Å². The minimum absolute atomic E-state index is 0.112. The molecule has 0 radical (unpaired) electrons. The number of piperidine rings is 1. The highest BCUT2D eigenvalue weighted by Gasteiger charge is 2.29. The number of nitrogens with zero attached hydrogens (tertiary/aromatic N) is 1. The van der Waals surface area contributed by atoms with Crippen molar-refractivity contribution in [3.05, 3.63) is 23.1 Å². The maximum Gasteiger partial charge on any atom is 0.308 e. The first kappa shape index (κ1) is 13.0. The Morgan fingerprint density at radius 3 is 2.56 bits per heavy atom. The van der Waals surface area contributed by atoms with E-state index >= 15 is 0 Å². The fourth-order valence-corrected chi connectivity index (χ4v) is 2.22. The van der Waals surface area contributed by atoms with Crippen LogP contribution in [0.1, 0.15) is 23.4 Å². The van der Waals surface area contributed by atoms with Gasteiger partial charge in [-0.05, 0) is 36.6 Å². The van der Waals surface area contributed by atoms with Gasteiger partial charge in [-0.2, -0.15) is 0 Å². The van der Waals surface area contributed by atoms with Gasteiger partial charge in [-0.3, -0.25) is 9.59 Å². The lowest BCUT2D eigenvalue weighted by molar-refractivity contribution is -0.146. The summed E-state index contributed by atoms with van der Waals surface area (Å²) in [6.07, 6.45) is 1.24. The third kappa shape index (κ3) is 2.67. The number of hydrogen-bond donors (Lipinski definition) is 0. The summed E-state index contributed by atoms with van der Waals surface area (Å²) in [5, 5.41) is 0.197. The molecule has 0 saturated carbocycles. The van der Waals surface area contributed by atoms with Gasteiger partial charge in [0, 0.05) is 13.1 Å². The van der Waals surface area contributed by atoms with E-state index in [1.807, 2.05) is 0 Å². The standard InChI is InChI=1S/C12H14ClNO4/c1-17-12(16)8-4-6-14(7-5-8)11(15)9-2-3-10(13)18-9/h2-3,8H,4-7H2,1H3. The lowest BCUT2D eigenvalue weighted by Gasteiger charge is -2.29. The van der Waals surface area contributed by atoms with Gasteiger partial charge in [0.05, 0.1) is 13.0 Å². The summed E-state index contributed by atoms with van der Waals surface area (Å²) >= 11 is 5.63. The molecule has 1 amide bonds. The Morgan fingerprint density at radius 1 is 1.39 bits per heavy atom. The van der Waals surface area contributed by atoms with Crippen LogP contribution in [0.4, 0.5) is 0 Å². The first-order chi connectivity index (χ1) is 8.61. The number of halogens is 1. The Morgan fingerprint density at radius 2 is 2.06 bits per heavy atom. The van der Waals surface area contributed by atoms with Gasteiger partial charge in [-0.1, -0.05) is 0 Å². The topological polar surface area (TPSA) is 59.8 Å². The fourth-order valence-electron chi connectivity index (χ4n) is 2.07. The zero-order chi connectivity index (χ0) is 13.1. The van der Waals surface area contributed by atoms with E-state index in [0.29, 0.717) is 25.9 Å². The molecule has 0 aliphatic carbocycles. The van der Waals surface area contributed by atoms with Crippen LogP contribution >= 0.6 is 11.6 Å². The highest BCUT2D eigenvalue weighted by atomic mass is 35.5. The number of likely N-dealkylation sites (tertiary alicyclic amines) is 1. The van der Waals surface area contributed by atoms with Crippen LogP contribution in [0.5, 0.6) is 0 Å². The molecule has 2 heterocycles. The van der Waals surface area contributed by atoms with Gasteiger partial charge >= 0.3 is 5.97 Å². The zero-order valence-electron chi connectivity index (χ0n) is 10.0. The molecule has 0 N–H and O–H groups in total. The summed E-state index contributed by atoms with van der Waals surface area (Å²) in [6.45, 7) is 1.05. The largest absolute Gasteiger partial charge is 0.469 e. The van der Waals surface area contributed by atoms with Crippen LogP contribution < -0.4 is 0 Å². The summed E-state index contributed by atoms with van der Waals surface area (Å²) < 4.78 is 9.77. The van der Waals surface area contributed by atoms with Crippen molar-refractivity contribution in [2.45, 2.75) is 12.8 Å². The van der Waals surface area contributed by atoms with E-state index in [-0.39, 0.29) is 28.8 Å². The van der Waals surface area contributed by atoms with Crippen molar-refractivity contribution in [2.75, 3.05) is 20.2 Å². The van der Waals surface area contributed by atoms with Gasteiger partial charge in [0.2, 0.25) is 0 Å². The number of esters is 1. The quantitative estimate of drug-likeness (QED) is 0.772. The predicted octanol–water partition coefficient (Wildman–Crippen LogP) is 1.96. The maximum absolute atomic E-state index is 12.0. The van der Waals surface area contributed by atoms with E-state index in [0.717, 1.165) is 0 Å². The van der Waals surface area contributed by atoms with Crippen LogP contribution in [0, 0.1) is 5.92 Å². The molecule has 1 aliphatic heterocycles. The summed E-state index contributed by atoms with van der Waals surface area (Å²) in [4.78, 5) is 25.0. The Bertz CT molecular complexity index is 449. The molecule has 1 aromatic heterocycles. The lowest BCUT2D eigenvalue weighted by atomic mass is 9.97. The lowest BCUT2D eigenvalue weighted by Crippen LogP contribution is -2.40. The maximum atomic E-state index is 12.0. The van der Waals surface area contributed by atoms with Crippen LogP contribution in [0.3, 0.4) is 0 Å². The van der Waals surface area contributed by atoms with Gasteiger partial charge in [0.15, 0.2) is 11.0 Å². The van der Waals surface area contributed by atoms with Gasteiger partial charge < -0.3 is 14.1 Å². The number of amides is 1. The van der Waals surface area contributed by atoms with E-state index in [2.05, 4.69) is 0 Å². The number of carbonyl (C=O) groups is 2. The number of hydrogen-bond acceptors (Lipinski definition) is 4. The van der Waals surface area contributed by atoms with Gasteiger partial charge in [0.1, 0.15) is 0 Å². The van der Waals surface area contributed by atoms with E-state index in [4.69, 9.17) is 20.8 Å². The molecule has 2 rings (SSSR count). The molecule has 0 bridgehead atoms. The van der Waals surface area contributed by atoms with Crippen molar-refractivity contribution in [2.24, 2.45) is 5.92 Å². The van der Waals surface area contributed by atoms with Crippen LogP contribution in [0.15, 0.2) is 16.5 Å². The number of furan rings is 1. The van der Waals surface area contributed by atoms with E-state index in [9.17, 15) is 9.59 Å². The van der Waals surface area contributed by atoms with Crippen LogP contribution in [0.2, 0.25) is 5.22 Å². The van der Waals surface area contributed by atoms with E-state index < -0.39 is 0 Å². The van der Waals surface area contributed by atoms with Crippen molar-refractivity contribution in [3.8, 4) is 0 Å². The molecule has 1 saturated heterocycles. The smallest absolute Gasteiger partial charge is 0.308 e. The molecule has 1 fully saturated rings. The van der Waals surface area contributed by atoms with Crippen molar-refractivity contribution < 1.29 is 18.7 Å². The van der Waals surface area contributed by atoms with E-state index in [1.54, 1.807) is 11.0 Å². The minimum atomic E-state index is -0.205. The number of ether oxygens (including phenoxy) is 1. The third-order valence-electron chi connectivity index (χ3n) is 3.10. The zero-order valence-corrected chi connectivity index (χ0v) is 10.8. The third-order valence-corrected chi connectivity index (χ3v) is 3.30. The molecule has 0 aromatic carbocycles. The first-order valence-electron chi connectivity index (χ1n) is 5.74. The molecule has 18 heavy (non-hydrogen) atoms. The molecular formula is C12H14ClNO4. The molecule has 1 aliphatic rings. The van der Waals surface area contributed by atoms with Crippen LogP contribution in [-0.2, 0) is 9.53 Å². The summed E-state index contributed by atoms with van der Waals surface area (Å²) in [5.74, 6) is -0.274. The Labute approximate surface area is 110 Å². The fraction of sp³-hybridized carbons (Fsp3) is 0.500. The van der Waals surface area contributed by atoms with E-state index in [1.165, 1.54) is 13.2 Å². The molecule has 0 unspecified atom stereocenters. The van der Waals surface area contributed by atoms with Crippen molar-refractivity contribution in [1.29, 1.82) is 0 Å². The average Bonchev–Trinajstić information content (AvgIpc) is 2.84. The average molecular weight is 272 g/mol. The second kappa shape index (κ2) is 5.44. The Balaban J connectivity index is 1.94. The Hall–Kier alpha value is -1.49. The van der Waals surface area contributed by atoms with Crippen LogP contribution in [0.25, 0.3) is 0 Å². The van der Waals surface area contributed by atoms with Gasteiger partial charge in [-0.25, -0.2) is 0 Å². The summed E-state index contributed by atoms with van der Waals surface area (Å²) in [5.41, 5.74) is 0. The SMILES string of the molecule is COC(=O)C1CCN(C(=O)c2ccc(Cl)o2)CC1. The predicted molar refractivity (Wildman–Crippen MR) is 64.4 cm³/mol. The van der Waals surface area contributed by atoms with Crippen molar-refractivity contribution >= 4 is 23.5 Å². The Kier molecular flexibility index (Phi) is 3.91. The molecule has 5 nitrogen and oxygen atoms in total. The number of carbonyl (C=O) groups excluding carboxylic acids is 2. The minimum Gasteiger partial charge on any atom is -0.469 e. The molecule has 6 heteroatoms.